The van der Waals surface area contributed by atoms with Gasteiger partial charge in [0.05, 0.1) is 6.61 Å². The fraction of sp³-hybridized carbons (Fsp3) is 0.359. The molecule has 236 valence electrons. The van der Waals surface area contributed by atoms with Crippen LogP contribution in [0.4, 0.5) is 11.4 Å². The van der Waals surface area contributed by atoms with E-state index in [0.717, 1.165) is 67.6 Å². The number of phenolic OH excluding ortho intramolecular Hbond substituents is 1. The molecule has 0 aliphatic carbocycles. The van der Waals surface area contributed by atoms with Crippen molar-refractivity contribution >= 4 is 17.3 Å². The maximum Gasteiger partial charge on any atom is 0.251 e. The van der Waals surface area contributed by atoms with Gasteiger partial charge in [-0.05, 0) is 71.8 Å². The van der Waals surface area contributed by atoms with Crippen LogP contribution in [0.1, 0.15) is 57.3 Å². The van der Waals surface area contributed by atoms with E-state index in [-0.39, 0.29) is 23.5 Å². The first-order valence-electron chi connectivity index (χ1n) is 16.8. The van der Waals surface area contributed by atoms with Crippen LogP contribution in [0.25, 0.3) is 0 Å². The van der Waals surface area contributed by atoms with E-state index in [0.29, 0.717) is 13.2 Å². The molecule has 7 heteroatoms. The Labute approximate surface area is 271 Å². The highest BCUT2D eigenvalue weighted by atomic mass is 16.5. The average Bonchev–Trinajstić information content (AvgIpc) is 3.48. The van der Waals surface area contributed by atoms with Gasteiger partial charge in [-0.1, -0.05) is 48.5 Å². The summed E-state index contributed by atoms with van der Waals surface area (Å²) in [5.41, 5.74) is 8.19. The highest BCUT2D eigenvalue weighted by molar-refractivity contribution is 5.98. The van der Waals surface area contributed by atoms with Crippen LogP contribution in [0.2, 0.25) is 0 Å². The fourth-order valence-electron chi connectivity index (χ4n) is 8.03. The van der Waals surface area contributed by atoms with Crippen LogP contribution in [0.5, 0.6) is 11.5 Å². The van der Waals surface area contributed by atoms with Crippen molar-refractivity contribution in [1.82, 2.24) is 10.2 Å². The smallest absolute Gasteiger partial charge is 0.251 e. The minimum Gasteiger partial charge on any atom is -0.508 e. The van der Waals surface area contributed by atoms with Gasteiger partial charge in [-0.25, -0.2) is 0 Å². The molecule has 0 spiro atoms. The van der Waals surface area contributed by atoms with Crippen molar-refractivity contribution in [3.63, 3.8) is 0 Å². The van der Waals surface area contributed by atoms with Crippen LogP contribution in [-0.4, -0.2) is 68.3 Å². The van der Waals surface area contributed by atoms with Gasteiger partial charge in [0.2, 0.25) is 0 Å². The summed E-state index contributed by atoms with van der Waals surface area (Å²) >= 11 is 0. The number of carbonyl (C=O) groups excluding carboxylic acids is 1. The van der Waals surface area contributed by atoms with Crippen molar-refractivity contribution in [3.8, 4) is 11.5 Å². The number of nitrogens with zero attached hydrogens (tertiary/aromatic N) is 3. The van der Waals surface area contributed by atoms with Gasteiger partial charge in [-0.15, -0.1) is 0 Å². The van der Waals surface area contributed by atoms with Gasteiger partial charge in [-0.3, -0.25) is 9.69 Å². The van der Waals surface area contributed by atoms with E-state index < -0.39 is 0 Å². The predicted octanol–water partition coefficient (Wildman–Crippen LogP) is 5.98. The molecule has 4 aromatic carbocycles. The van der Waals surface area contributed by atoms with Gasteiger partial charge in [-0.2, -0.15) is 0 Å². The van der Waals surface area contributed by atoms with E-state index in [1.807, 2.05) is 12.1 Å². The fourth-order valence-corrected chi connectivity index (χ4v) is 8.03. The number of piperidine rings is 1. The van der Waals surface area contributed by atoms with Gasteiger partial charge in [0.15, 0.2) is 0 Å². The van der Waals surface area contributed by atoms with Gasteiger partial charge in [0, 0.05) is 92.8 Å². The van der Waals surface area contributed by atoms with E-state index >= 15 is 0 Å². The SMILES string of the molecule is O=C1NCc2cc(N3CCN(CC4CCN(c5ccc(C6c7ccc(O)cc7OCC6c6ccccc6)cc5)CC4)CC3)ccc21. The maximum absolute atomic E-state index is 11.9. The summed E-state index contributed by atoms with van der Waals surface area (Å²) in [6.07, 6.45) is 2.45. The molecule has 7 nitrogen and oxygen atoms in total. The molecule has 2 fully saturated rings. The Balaban J connectivity index is 0.877. The maximum atomic E-state index is 11.9. The van der Waals surface area contributed by atoms with Crippen LogP contribution < -0.4 is 19.9 Å². The van der Waals surface area contributed by atoms with Crippen LogP contribution >= 0.6 is 0 Å². The first kappa shape index (κ1) is 28.9. The van der Waals surface area contributed by atoms with E-state index in [2.05, 4.69) is 86.7 Å². The lowest BCUT2D eigenvalue weighted by atomic mass is 9.76. The zero-order chi connectivity index (χ0) is 31.0. The standard InChI is InChI=1S/C39H42N4O3/c44-33-11-13-35-37(23-33)46-26-36(28-4-2-1-3-5-28)38(35)29-6-8-31(9-7-29)42-16-14-27(15-17-42)25-41-18-20-43(21-19-41)32-10-12-34-30(22-32)24-40-39(34)45/h1-13,22-23,27,36,38,44H,14-21,24-26H2,(H,40,45). The lowest BCUT2D eigenvalue weighted by Gasteiger charge is -2.40. The van der Waals surface area contributed by atoms with Gasteiger partial charge in [0.25, 0.3) is 5.91 Å². The third kappa shape index (κ3) is 5.69. The van der Waals surface area contributed by atoms with E-state index in [4.69, 9.17) is 4.74 Å². The summed E-state index contributed by atoms with van der Waals surface area (Å²) < 4.78 is 6.16. The van der Waals surface area contributed by atoms with Crippen molar-refractivity contribution in [2.75, 3.05) is 62.2 Å². The minimum atomic E-state index is 0.0510. The molecule has 0 radical (unpaired) electrons. The van der Waals surface area contributed by atoms with Crippen molar-refractivity contribution in [1.29, 1.82) is 0 Å². The number of phenols is 1. The lowest BCUT2D eigenvalue weighted by Crippen LogP contribution is -2.49. The molecule has 8 rings (SSSR count). The van der Waals surface area contributed by atoms with Crippen molar-refractivity contribution < 1.29 is 14.6 Å². The molecule has 2 unspecified atom stereocenters. The normalized spacial score (nSPS) is 21.8. The zero-order valence-corrected chi connectivity index (χ0v) is 26.3. The molecule has 2 saturated heterocycles. The second-order valence-electron chi connectivity index (χ2n) is 13.4. The Morgan fingerprint density at radius 3 is 2.28 bits per heavy atom. The zero-order valence-electron chi connectivity index (χ0n) is 26.3. The first-order chi connectivity index (χ1) is 22.6. The molecule has 4 aromatic rings. The minimum absolute atomic E-state index is 0.0510. The Kier molecular flexibility index (Phi) is 7.78. The molecule has 0 saturated carbocycles. The van der Waals surface area contributed by atoms with Crippen LogP contribution in [-0.2, 0) is 6.54 Å². The number of amides is 1. The summed E-state index contributed by atoms with van der Waals surface area (Å²) in [6, 6.07) is 31.7. The lowest BCUT2D eigenvalue weighted by molar-refractivity contribution is 0.0965. The highest BCUT2D eigenvalue weighted by Crippen LogP contribution is 2.47. The van der Waals surface area contributed by atoms with Gasteiger partial charge in [0.1, 0.15) is 11.5 Å². The van der Waals surface area contributed by atoms with E-state index in [1.165, 1.54) is 41.9 Å². The largest absolute Gasteiger partial charge is 0.508 e. The van der Waals surface area contributed by atoms with Crippen LogP contribution in [0, 0.1) is 5.92 Å². The Morgan fingerprint density at radius 1 is 0.761 bits per heavy atom. The van der Waals surface area contributed by atoms with Gasteiger partial charge >= 0.3 is 0 Å². The number of hydrogen-bond acceptors (Lipinski definition) is 6. The molecule has 1 amide bonds. The first-order valence-corrected chi connectivity index (χ1v) is 16.8. The number of aromatic hydroxyl groups is 1. The van der Waals surface area contributed by atoms with Crippen molar-refractivity contribution in [2.24, 2.45) is 5.92 Å². The quantitative estimate of drug-likeness (QED) is 0.279. The number of carbonyl (C=O) groups is 1. The Bertz CT molecular complexity index is 1690. The van der Waals surface area contributed by atoms with E-state index in [9.17, 15) is 9.90 Å². The predicted molar refractivity (Wildman–Crippen MR) is 182 cm³/mol. The topological polar surface area (TPSA) is 68.3 Å². The van der Waals surface area contributed by atoms with Crippen molar-refractivity contribution in [2.45, 2.75) is 31.2 Å². The molecule has 4 heterocycles. The highest BCUT2D eigenvalue weighted by Gasteiger charge is 2.34. The summed E-state index contributed by atoms with van der Waals surface area (Å²) in [6.45, 7) is 8.87. The summed E-state index contributed by atoms with van der Waals surface area (Å²) in [5.74, 6) is 2.18. The molecule has 4 aliphatic rings. The summed E-state index contributed by atoms with van der Waals surface area (Å²) in [7, 11) is 0. The molecule has 2 atom stereocenters. The molecule has 0 aromatic heterocycles. The van der Waals surface area contributed by atoms with Gasteiger partial charge < -0.3 is 25.0 Å². The number of hydrogen-bond donors (Lipinski definition) is 2. The number of benzene rings is 4. The second kappa shape index (κ2) is 12.4. The molecule has 4 aliphatic heterocycles. The summed E-state index contributed by atoms with van der Waals surface area (Å²) in [4.78, 5) is 19.6. The number of anilines is 2. The third-order valence-corrected chi connectivity index (χ3v) is 10.6. The van der Waals surface area contributed by atoms with Crippen LogP contribution in [0.3, 0.4) is 0 Å². The number of rotatable bonds is 6. The number of nitrogens with one attached hydrogen (secondary N) is 1. The number of fused-ring (bicyclic) bond motifs is 2. The number of piperazine rings is 1. The molecular formula is C39H42N4O3. The van der Waals surface area contributed by atoms with Crippen molar-refractivity contribution in [3.05, 3.63) is 119 Å². The molecule has 46 heavy (non-hydrogen) atoms. The average molecular weight is 615 g/mol. The van der Waals surface area contributed by atoms with Crippen LogP contribution in [0.15, 0.2) is 91.0 Å². The molecule has 0 bridgehead atoms. The Hall–Kier alpha value is -4.49. The Morgan fingerprint density at radius 2 is 1.50 bits per heavy atom. The van der Waals surface area contributed by atoms with E-state index in [1.54, 1.807) is 12.1 Å². The summed E-state index contributed by atoms with van der Waals surface area (Å²) in [5, 5.41) is 13.0. The molecule has 2 N–H and O–H groups in total. The number of ether oxygens (including phenoxy) is 1. The second-order valence-corrected chi connectivity index (χ2v) is 13.4. The monoisotopic (exact) mass is 614 g/mol. The molecular weight excluding hydrogens is 572 g/mol. The third-order valence-electron chi connectivity index (χ3n) is 10.6.